The van der Waals surface area contributed by atoms with E-state index in [9.17, 15) is 4.79 Å². The second kappa shape index (κ2) is 7.83. The van der Waals surface area contributed by atoms with Crippen molar-refractivity contribution in [3.63, 3.8) is 0 Å². The Morgan fingerprint density at radius 3 is 2.61 bits per heavy atom. The molecule has 0 spiro atoms. The number of benzene rings is 1. The normalized spacial score (nSPS) is 11.0. The van der Waals surface area contributed by atoms with Crippen LogP contribution in [-0.2, 0) is 18.3 Å². The third kappa shape index (κ3) is 3.91. The number of carbonyl (C=O) groups is 1. The van der Waals surface area contributed by atoms with Crippen LogP contribution in [0.3, 0.4) is 0 Å². The molecule has 31 heavy (non-hydrogen) atoms. The minimum Gasteiger partial charge on any atom is -0.326 e. The highest BCUT2D eigenvalue weighted by Crippen LogP contribution is 2.28. The number of nitrogens with one attached hydrogen (secondary N) is 1. The van der Waals surface area contributed by atoms with Gasteiger partial charge in [0.1, 0.15) is 6.33 Å². The molecule has 152 valence electrons. The fourth-order valence-corrected chi connectivity index (χ4v) is 3.48. The SMILES string of the molecule is Cn1cc(-c2cc3c(-c4ccc(NC(=O)Cc5cccnc5)cc4)ncnn3c2)cn1. The van der Waals surface area contributed by atoms with Crippen LogP contribution in [0.2, 0.25) is 0 Å². The molecule has 5 aromatic rings. The van der Waals surface area contributed by atoms with E-state index in [-0.39, 0.29) is 12.3 Å². The molecular formula is C23H19N7O. The van der Waals surface area contributed by atoms with E-state index in [0.29, 0.717) is 0 Å². The highest BCUT2D eigenvalue weighted by Gasteiger charge is 2.12. The number of hydrogen-bond acceptors (Lipinski definition) is 5. The Labute approximate surface area is 178 Å². The Morgan fingerprint density at radius 2 is 1.87 bits per heavy atom. The van der Waals surface area contributed by atoms with Crippen molar-refractivity contribution in [2.24, 2.45) is 7.05 Å². The summed E-state index contributed by atoms with van der Waals surface area (Å²) in [5.41, 5.74) is 6.30. The fourth-order valence-electron chi connectivity index (χ4n) is 3.48. The Balaban J connectivity index is 1.38. The second-order valence-corrected chi connectivity index (χ2v) is 7.23. The summed E-state index contributed by atoms with van der Waals surface area (Å²) >= 11 is 0. The zero-order valence-corrected chi connectivity index (χ0v) is 16.8. The molecule has 1 aromatic carbocycles. The fraction of sp³-hybridized carbons (Fsp3) is 0.0870. The van der Waals surface area contributed by atoms with Crippen LogP contribution < -0.4 is 5.32 Å². The average Bonchev–Trinajstić information content (AvgIpc) is 3.41. The van der Waals surface area contributed by atoms with Crippen molar-refractivity contribution in [3.8, 4) is 22.4 Å². The summed E-state index contributed by atoms with van der Waals surface area (Å²) < 4.78 is 3.58. The van der Waals surface area contributed by atoms with Crippen LogP contribution in [0.5, 0.6) is 0 Å². The third-order valence-corrected chi connectivity index (χ3v) is 4.97. The van der Waals surface area contributed by atoms with Crippen molar-refractivity contribution in [2.75, 3.05) is 5.32 Å². The van der Waals surface area contributed by atoms with Gasteiger partial charge < -0.3 is 5.32 Å². The van der Waals surface area contributed by atoms with Crippen molar-refractivity contribution < 1.29 is 4.79 Å². The van der Waals surface area contributed by atoms with E-state index in [0.717, 1.165) is 39.2 Å². The number of carbonyl (C=O) groups excluding carboxylic acids is 1. The predicted molar refractivity (Wildman–Crippen MR) is 117 cm³/mol. The molecule has 5 rings (SSSR count). The molecule has 0 saturated heterocycles. The molecule has 0 bridgehead atoms. The van der Waals surface area contributed by atoms with E-state index in [1.807, 2.05) is 66.6 Å². The van der Waals surface area contributed by atoms with Gasteiger partial charge in [-0.05, 0) is 29.8 Å². The number of nitrogens with zero attached hydrogens (tertiary/aromatic N) is 6. The van der Waals surface area contributed by atoms with Gasteiger partial charge in [0.15, 0.2) is 0 Å². The second-order valence-electron chi connectivity index (χ2n) is 7.23. The largest absolute Gasteiger partial charge is 0.326 e. The Hall–Kier alpha value is -4.33. The molecule has 8 nitrogen and oxygen atoms in total. The highest BCUT2D eigenvalue weighted by atomic mass is 16.1. The van der Waals surface area contributed by atoms with Gasteiger partial charge in [-0.3, -0.25) is 14.5 Å². The van der Waals surface area contributed by atoms with Crippen LogP contribution >= 0.6 is 0 Å². The van der Waals surface area contributed by atoms with Gasteiger partial charge in [-0.2, -0.15) is 10.2 Å². The zero-order chi connectivity index (χ0) is 21.2. The van der Waals surface area contributed by atoms with Crippen molar-refractivity contribution in [3.05, 3.63) is 85.3 Å². The number of amides is 1. The molecule has 0 saturated carbocycles. The van der Waals surface area contributed by atoms with Crippen LogP contribution in [0.1, 0.15) is 5.56 Å². The molecule has 0 aliphatic carbocycles. The van der Waals surface area contributed by atoms with Gasteiger partial charge in [0.2, 0.25) is 5.91 Å². The van der Waals surface area contributed by atoms with Crippen molar-refractivity contribution >= 4 is 17.1 Å². The number of anilines is 1. The monoisotopic (exact) mass is 409 g/mol. The van der Waals surface area contributed by atoms with Crippen LogP contribution in [0.4, 0.5) is 5.69 Å². The number of aromatic nitrogens is 6. The lowest BCUT2D eigenvalue weighted by atomic mass is 10.1. The average molecular weight is 409 g/mol. The Morgan fingerprint density at radius 1 is 1.00 bits per heavy atom. The lowest BCUT2D eigenvalue weighted by Gasteiger charge is -2.07. The summed E-state index contributed by atoms with van der Waals surface area (Å²) in [4.78, 5) is 20.8. The summed E-state index contributed by atoms with van der Waals surface area (Å²) in [6.45, 7) is 0. The number of aryl methyl sites for hydroxylation is 1. The van der Waals surface area contributed by atoms with Gasteiger partial charge in [-0.25, -0.2) is 9.50 Å². The Bertz CT molecular complexity index is 1350. The molecule has 0 fully saturated rings. The summed E-state index contributed by atoms with van der Waals surface area (Å²) in [6.07, 6.45) is 11.0. The first-order chi connectivity index (χ1) is 15.2. The molecule has 0 aliphatic rings. The number of rotatable bonds is 5. The van der Waals surface area contributed by atoms with Crippen LogP contribution in [-0.4, -0.2) is 35.3 Å². The quantitative estimate of drug-likeness (QED) is 0.481. The summed E-state index contributed by atoms with van der Waals surface area (Å²) in [7, 11) is 1.89. The molecule has 8 heteroatoms. The van der Waals surface area contributed by atoms with E-state index in [4.69, 9.17) is 0 Å². The highest BCUT2D eigenvalue weighted by molar-refractivity contribution is 5.92. The smallest absolute Gasteiger partial charge is 0.228 e. The van der Waals surface area contributed by atoms with Gasteiger partial charge in [0.05, 0.1) is 23.8 Å². The molecular weight excluding hydrogens is 390 g/mol. The lowest BCUT2D eigenvalue weighted by molar-refractivity contribution is -0.115. The van der Waals surface area contributed by atoms with Gasteiger partial charge in [0.25, 0.3) is 0 Å². The summed E-state index contributed by atoms with van der Waals surface area (Å²) in [5, 5.41) is 11.5. The minimum absolute atomic E-state index is 0.0853. The van der Waals surface area contributed by atoms with E-state index < -0.39 is 0 Å². The Kier molecular flexibility index (Phi) is 4.72. The first-order valence-electron chi connectivity index (χ1n) is 9.77. The maximum absolute atomic E-state index is 12.3. The van der Waals surface area contributed by atoms with E-state index in [1.54, 1.807) is 23.4 Å². The lowest BCUT2D eigenvalue weighted by Crippen LogP contribution is -2.14. The zero-order valence-electron chi connectivity index (χ0n) is 16.8. The van der Waals surface area contributed by atoms with Crippen molar-refractivity contribution in [2.45, 2.75) is 6.42 Å². The summed E-state index contributed by atoms with van der Waals surface area (Å²) in [5.74, 6) is -0.0853. The maximum atomic E-state index is 12.3. The van der Waals surface area contributed by atoms with Crippen molar-refractivity contribution in [1.82, 2.24) is 29.4 Å². The molecule has 0 radical (unpaired) electrons. The molecule has 0 atom stereocenters. The van der Waals surface area contributed by atoms with Crippen LogP contribution in [0.15, 0.2) is 79.8 Å². The summed E-state index contributed by atoms with van der Waals surface area (Å²) in [6, 6.07) is 13.4. The first-order valence-corrected chi connectivity index (χ1v) is 9.77. The standard InChI is InChI=1S/C23H19N7O/c1-29-13-19(12-26-29)18-10-21-23(25-15-27-30(21)14-18)17-4-6-20(7-5-17)28-22(31)9-16-3-2-8-24-11-16/h2-8,10-15H,9H2,1H3,(H,28,31). The van der Waals surface area contributed by atoms with E-state index >= 15 is 0 Å². The molecule has 1 N–H and O–H groups in total. The minimum atomic E-state index is -0.0853. The molecule has 4 heterocycles. The number of hydrogen-bond donors (Lipinski definition) is 1. The van der Waals surface area contributed by atoms with Gasteiger partial charge in [-0.1, -0.05) is 18.2 Å². The molecule has 0 aliphatic heterocycles. The maximum Gasteiger partial charge on any atom is 0.228 e. The predicted octanol–water partition coefficient (Wildman–Crippen LogP) is 3.37. The number of fused-ring (bicyclic) bond motifs is 1. The van der Waals surface area contributed by atoms with Gasteiger partial charge >= 0.3 is 0 Å². The van der Waals surface area contributed by atoms with E-state index in [2.05, 4.69) is 31.5 Å². The van der Waals surface area contributed by atoms with E-state index in [1.165, 1.54) is 0 Å². The topological polar surface area (TPSA) is 90.0 Å². The van der Waals surface area contributed by atoms with Gasteiger partial charge in [0, 0.05) is 54.2 Å². The van der Waals surface area contributed by atoms with Crippen LogP contribution in [0, 0.1) is 0 Å². The molecule has 0 unspecified atom stereocenters. The first kappa shape index (κ1) is 18.7. The van der Waals surface area contributed by atoms with Crippen molar-refractivity contribution in [1.29, 1.82) is 0 Å². The molecule has 4 aromatic heterocycles. The van der Waals surface area contributed by atoms with Crippen LogP contribution in [0.25, 0.3) is 27.9 Å². The number of pyridine rings is 1. The molecule has 1 amide bonds. The van der Waals surface area contributed by atoms with Gasteiger partial charge in [-0.15, -0.1) is 0 Å². The third-order valence-electron chi connectivity index (χ3n) is 4.97.